The summed E-state index contributed by atoms with van der Waals surface area (Å²) in [4.78, 5) is 14.2. The molecule has 0 spiro atoms. The van der Waals surface area contributed by atoms with Gasteiger partial charge in [-0.15, -0.1) is 0 Å². The van der Waals surface area contributed by atoms with E-state index < -0.39 is 0 Å². The second-order valence-corrected chi connectivity index (χ2v) is 5.76. The second-order valence-electron chi connectivity index (χ2n) is 5.76. The van der Waals surface area contributed by atoms with Gasteiger partial charge in [-0.05, 0) is 12.5 Å². The summed E-state index contributed by atoms with van der Waals surface area (Å²) in [6.07, 6.45) is 1.37. The molecule has 2 aromatic rings. The second kappa shape index (κ2) is 7.59. The molecule has 0 radical (unpaired) electrons. The van der Waals surface area contributed by atoms with Crippen molar-refractivity contribution in [1.29, 1.82) is 0 Å². The average molecular weight is 335 g/mol. The standard InChI is InChI=1S/C16H23N4O4/c1-2-16-17-20(22)14-5-4-13(12-15(14)19(16)21)24-9-3-6-18-7-10-23-11-8-18/h4-5,12,21H,2-3,6-11H2,1H3/q+1. The van der Waals surface area contributed by atoms with Crippen molar-refractivity contribution < 1.29 is 19.2 Å². The molecule has 8 heteroatoms. The molecular formula is C16H23N4O4+. The summed E-state index contributed by atoms with van der Waals surface area (Å²) in [6.45, 7) is 6.91. The van der Waals surface area contributed by atoms with Gasteiger partial charge in [0.25, 0.3) is 0 Å². The summed E-state index contributed by atoms with van der Waals surface area (Å²) in [5.74, 6) is 0.933. The number of benzene rings is 1. The van der Waals surface area contributed by atoms with Gasteiger partial charge in [0.05, 0.1) is 29.8 Å². The van der Waals surface area contributed by atoms with E-state index in [0.29, 0.717) is 40.2 Å². The van der Waals surface area contributed by atoms with Crippen molar-refractivity contribution in [2.24, 2.45) is 0 Å². The molecule has 0 saturated carbocycles. The molecule has 1 aromatic carbocycles. The van der Waals surface area contributed by atoms with Crippen LogP contribution < -0.4 is 9.28 Å². The van der Waals surface area contributed by atoms with Crippen molar-refractivity contribution in [1.82, 2.24) is 14.7 Å². The molecule has 24 heavy (non-hydrogen) atoms. The number of nitrogens with zero attached hydrogens (tertiary/aromatic N) is 4. The van der Waals surface area contributed by atoms with Crippen molar-refractivity contribution in [2.45, 2.75) is 19.8 Å². The Kier molecular flexibility index (Phi) is 5.27. The van der Waals surface area contributed by atoms with Crippen LogP contribution in [0.3, 0.4) is 0 Å². The molecule has 3 rings (SSSR count). The van der Waals surface area contributed by atoms with Gasteiger partial charge in [0, 0.05) is 38.2 Å². The number of morpholine rings is 1. The number of aromatic nitrogens is 3. The lowest BCUT2D eigenvalue weighted by Gasteiger charge is -2.26. The van der Waals surface area contributed by atoms with E-state index in [-0.39, 0.29) is 0 Å². The average Bonchev–Trinajstić information content (AvgIpc) is 2.62. The van der Waals surface area contributed by atoms with Gasteiger partial charge < -0.3 is 14.7 Å². The third-order valence-corrected chi connectivity index (χ3v) is 4.14. The number of hydrogen-bond donors (Lipinski definition) is 1. The Balaban J connectivity index is 1.64. The van der Waals surface area contributed by atoms with Crippen LogP contribution >= 0.6 is 0 Å². The van der Waals surface area contributed by atoms with E-state index in [1.54, 1.807) is 18.2 Å². The van der Waals surface area contributed by atoms with E-state index in [0.717, 1.165) is 44.0 Å². The zero-order valence-corrected chi connectivity index (χ0v) is 13.8. The highest BCUT2D eigenvalue weighted by Crippen LogP contribution is 2.18. The molecule has 0 unspecified atom stereocenters. The monoisotopic (exact) mass is 335 g/mol. The topological polar surface area (TPSA) is 82.7 Å². The van der Waals surface area contributed by atoms with E-state index in [9.17, 15) is 10.1 Å². The van der Waals surface area contributed by atoms with Crippen LogP contribution in [0.25, 0.3) is 11.0 Å². The molecule has 0 atom stereocenters. The van der Waals surface area contributed by atoms with Crippen LogP contribution in [0.5, 0.6) is 5.75 Å². The van der Waals surface area contributed by atoms with Crippen LogP contribution in [-0.2, 0) is 11.2 Å². The number of ether oxygens (including phenoxy) is 2. The van der Waals surface area contributed by atoms with Gasteiger partial charge in [-0.3, -0.25) is 4.90 Å². The maximum absolute atomic E-state index is 11.9. The van der Waals surface area contributed by atoms with Crippen LogP contribution in [0, 0.1) is 4.91 Å². The van der Waals surface area contributed by atoms with Gasteiger partial charge in [0.2, 0.25) is 5.82 Å². The Hall–Kier alpha value is -2.19. The van der Waals surface area contributed by atoms with Gasteiger partial charge in [-0.25, -0.2) is 0 Å². The van der Waals surface area contributed by atoms with E-state index >= 15 is 0 Å². The maximum Gasteiger partial charge on any atom is 0.322 e. The lowest BCUT2D eigenvalue weighted by molar-refractivity contribution is -0.538. The first-order valence-corrected chi connectivity index (χ1v) is 8.29. The predicted octanol–water partition coefficient (Wildman–Crippen LogP) is 0.852. The van der Waals surface area contributed by atoms with Crippen LogP contribution in [-0.4, -0.2) is 59.4 Å². The molecule has 1 fully saturated rings. The van der Waals surface area contributed by atoms with Gasteiger partial charge in [-0.2, -0.15) is 4.73 Å². The molecule has 130 valence electrons. The molecule has 0 amide bonds. The molecule has 0 aliphatic carbocycles. The first-order chi connectivity index (χ1) is 11.7. The third-order valence-electron chi connectivity index (χ3n) is 4.14. The molecule has 1 aliphatic heterocycles. The Morgan fingerprint density at radius 2 is 2.17 bits per heavy atom. The van der Waals surface area contributed by atoms with Gasteiger partial charge in [0.15, 0.2) is 10.1 Å². The van der Waals surface area contributed by atoms with Gasteiger partial charge in [-0.1, -0.05) is 6.92 Å². The molecular weight excluding hydrogens is 312 g/mol. The Bertz CT molecular complexity index is 756. The van der Waals surface area contributed by atoms with Gasteiger partial charge in [0.1, 0.15) is 5.75 Å². The SMILES string of the molecule is CCc1n[n+](=O)c2ccc(OCCCN3CCOCC3)cc2n1O. The Morgan fingerprint density at radius 3 is 2.92 bits per heavy atom. The van der Waals surface area contributed by atoms with Crippen molar-refractivity contribution in [3.8, 4) is 5.75 Å². The summed E-state index contributed by atoms with van der Waals surface area (Å²) in [7, 11) is 0. The normalized spacial score (nSPS) is 15.7. The quantitative estimate of drug-likeness (QED) is 0.479. The summed E-state index contributed by atoms with van der Waals surface area (Å²) >= 11 is 0. The summed E-state index contributed by atoms with van der Waals surface area (Å²) < 4.78 is 12.6. The number of hydrogen-bond acceptors (Lipinski definition) is 6. The molecule has 0 bridgehead atoms. The maximum atomic E-state index is 11.9. The van der Waals surface area contributed by atoms with Crippen molar-refractivity contribution in [3.63, 3.8) is 0 Å². The van der Waals surface area contributed by atoms with E-state index in [2.05, 4.69) is 10.00 Å². The zero-order chi connectivity index (χ0) is 16.9. The fourth-order valence-electron chi connectivity index (χ4n) is 2.79. The van der Waals surface area contributed by atoms with E-state index in [1.807, 2.05) is 6.92 Å². The van der Waals surface area contributed by atoms with E-state index in [1.165, 1.54) is 0 Å². The van der Waals surface area contributed by atoms with E-state index in [4.69, 9.17) is 9.47 Å². The highest BCUT2D eigenvalue weighted by atomic mass is 16.5. The lowest BCUT2D eigenvalue weighted by atomic mass is 10.3. The highest BCUT2D eigenvalue weighted by Gasteiger charge is 2.17. The fraction of sp³-hybridized carbons (Fsp3) is 0.562. The third kappa shape index (κ3) is 3.65. The van der Waals surface area contributed by atoms with Crippen LogP contribution in [0.2, 0.25) is 0 Å². The molecule has 2 heterocycles. The first kappa shape index (κ1) is 16.7. The minimum atomic E-state index is 0.301. The first-order valence-electron chi connectivity index (χ1n) is 8.29. The van der Waals surface area contributed by atoms with Crippen LogP contribution in [0.1, 0.15) is 19.2 Å². The van der Waals surface area contributed by atoms with Crippen molar-refractivity contribution >= 4 is 11.0 Å². The molecule has 1 aromatic heterocycles. The van der Waals surface area contributed by atoms with Gasteiger partial charge >= 0.3 is 5.52 Å². The van der Waals surface area contributed by atoms with Crippen LogP contribution in [0.15, 0.2) is 18.2 Å². The number of aryl methyl sites for hydroxylation is 1. The molecule has 1 N–H and O–H groups in total. The number of rotatable bonds is 6. The largest absolute Gasteiger partial charge is 0.493 e. The minimum Gasteiger partial charge on any atom is -0.493 e. The van der Waals surface area contributed by atoms with Crippen molar-refractivity contribution in [2.75, 3.05) is 39.5 Å². The smallest absolute Gasteiger partial charge is 0.322 e. The van der Waals surface area contributed by atoms with Crippen molar-refractivity contribution in [3.05, 3.63) is 28.9 Å². The predicted molar refractivity (Wildman–Crippen MR) is 87.0 cm³/mol. The molecule has 1 aliphatic rings. The lowest BCUT2D eigenvalue weighted by Crippen LogP contribution is -2.37. The summed E-state index contributed by atoms with van der Waals surface area (Å²) in [5, 5.41) is 14.0. The highest BCUT2D eigenvalue weighted by molar-refractivity contribution is 5.73. The zero-order valence-electron chi connectivity index (χ0n) is 13.8. The Labute approximate surface area is 139 Å². The minimum absolute atomic E-state index is 0.301. The summed E-state index contributed by atoms with van der Waals surface area (Å²) in [6, 6.07) is 5.00. The Morgan fingerprint density at radius 1 is 1.38 bits per heavy atom. The fourth-order valence-corrected chi connectivity index (χ4v) is 2.79. The molecule has 1 saturated heterocycles. The van der Waals surface area contributed by atoms with Crippen LogP contribution in [0.4, 0.5) is 0 Å². The summed E-state index contributed by atoms with van der Waals surface area (Å²) in [5.41, 5.74) is 0.692. The molecule has 8 nitrogen and oxygen atoms in total. The number of fused-ring (bicyclic) bond motifs is 1.